The van der Waals surface area contributed by atoms with E-state index in [9.17, 15) is 19.1 Å². The van der Waals surface area contributed by atoms with E-state index in [-0.39, 0.29) is 17.8 Å². The summed E-state index contributed by atoms with van der Waals surface area (Å²) in [4.78, 5) is 34.3. The van der Waals surface area contributed by atoms with Gasteiger partial charge in [0.2, 0.25) is 0 Å². The van der Waals surface area contributed by atoms with E-state index in [1.54, 1.807) is 43.1 Å². The van der Waals surface area contributed by atoms with Crippen LogP contribution >= 0.6 is 0 Å². The Morgan fingerprint density at radius 1 is 1.06 bits per heavy atom. The molecule has 3 aromatic rings. The van der Waals surface area contributed by atoms with Crippen molar-refractivity contribution in [2.45, 2.75) is 26.4 Å². The molecule has 2 aromatic carbocycles. The number of carboxylic acid groups (broad SMARTS) is 1. The molecule has 0 spiro atoms. The number of pyridine rings is 1. The molecule has 1 N–H and O–H groups in total. The standard InChI is InChI=1S/C27H29FN4O3/c1-18-16-31(14-15-32(18)27(34)35)17-20-4-10-23(11-5-20)30(3)26(33)24-12-13-25(29-19(24)2)21-6-8-22(28)9-7-21/h4-13,18H,14-17H2,1-3H3,(H,34,35)/t18-/m1/s1. The molecule has 4 rings (SSSR count). The monoisotopic (exact) mass is 476 g/mol. The van der Waals surface area contributed by atoms with Crippen LogP contribution in [-0.4, -0.2) is 64.6 Å². The Labute approximate surface area is 204 Å². The van der Waals surface area contributed by atoms with Crippen LogP contribution in [0.2, 0.25) is 0 Å². The van der Waals surface area contributed by atoms with Gasteiger partial charge in [-0.2, -0.15) is 0 Å². The molecule has 0 radical (unpaired) electrons. The Bertz CT molecular complexity index is 1210. The molecular weight excluding hydrogens is 447 g/mol. The number of carbonyl (C=O) groups excluding carboxylic acids is 1. The van der Waals surface area contributed by atoms with Gasteiger partial charge in [0.05, 0.1) is 17.0 Å². The Morgan fingerprint density at radius 2 is 1.74 bits per heavy atom. The second kappa shape index (κ2) is 10.2. The molecule has 8 heteroatoms. The lowest BCUT2D eigenvalue weighted by molar-refractivity contribution is 0.0711. The third-order valence-electron chi connectivity index (χ3n) is 6.45. The molecule has 1 aliphatic heterocycles. The molecule has 1 aromatic heterocycles. The summed E-state index contributed by atoms with van der Waals surface area (Å²) < 4.78 is 13.2. The van der Waals surface area contributed by atoms with Crippen molar-refractivity contribution < 1.29 is 19.1 Å². The minimum absolute atomic E-state index is 0.0458. The fourth-order valence-corrected chi connectivity index (χ4v) is 4.41. The number of rotatable bonds is 5. The summed E-state index contributed by atoms with van der Waals surface area (Å²) in [6, 6.07) is 17.4. The zero-order valence-electron chi connectivity index (χ0n) is 20.1. The third kappa shape index (κ3) is 5.49. The largest absolute Gasteiger partial charge is 0.465 e. The van der Waals surface area contributed by atoms with E-state index in [4.69, 9.17) is 0 Å². The summed E-state index contributed by atoms with van der Waals surface area (Å²) in [6.45, 7) is 6.32. The van der Waals surface area contributed by atoms with E-state index in [0.717, 1.165) is 23.4 Å². The number of anilines is 1. The van der Waals surface area contributed by atoms with Gasteiger partial charge in [0.25, 0.3) is 5.91 Å². The summed E-state index contributed by atoms with van der Waals surface area (Å²) in [5.41, 5.74) is 4.46. The number of amides is 2. The Balaban J connectivity index is 1.41. The Hall–Kier alpha value is -3.78. The highest BCUT2D eigenvalue weighted by Crippen LogP contribution is 2.23. The molecule has 2 heterocycles. The number of aryl methyl sites for hydroxylation is 1. The van der Waals surface area contributed by atoms with Gasteiger partial charge in [-0.25, -0.2) is 9.18 Å². The summed E-state index contributed by atoms with van der Waals surface area (Å²) in [5.74, 6) is -0.466. The van der Waals surface area contributed by atoms with Crippen molar-refractivity contribution in [1.82, 2.24) is 14.8 Å². The highest BCUT2D eigenvalue weighted by atomic mass is 19.1. The molecule has 182 valence electrons. The summed E-state index contributed by atoms with van der Waals surface area (Å²) in [5, 5.41) is 9.25. The van der Waals surface area contributed by atoms with E-state index < -0.39 is 6.09 Å². The van der Waals surface area contributed by atoms with Crippen LogP contribution in [-0.2, 0) is 6.54 Å². The first-order valence-electron chi connectivity index (χ1n) is 11.6. The van der Waals surface area contributed by atoms with Crippen molar-refractivity contribution in [1.29, 1.82) is 0 Å². The van der Waals surface area contributed by atoms with Gasteiger partial charge < -0.3 is 14.9 Å². The van der Waals surface area contributed by atoms with Crippen LogP contribution in [0.15, 0.2) is 60.7 Å². The van der Waals surface area contributed by atoms with Crippen molar-refractivity contribution >= 4 is 17.7 Å². The minimum Gasteiger partial charge on any atom is -0.465 e. The fourth-order valence-electron chi connectivity index (χ4n) is 4.41. The van der Waals surface area contributed by atoms with Gasteiger partial charge in [0.1, 0.15) is 5.82 Å². The topological polar surface area (TPSA) is 77.0 Å². The molecule has 1 fully saturated rings. The van der Waals surface area contributed by atoms with Crippen molar-refractivity contribution in [2.24, 2.45) is 0 Å². The van der Waals surface area contributed by atoms with Gasteiger partial charge in [0.15, 0.2) is 0 Å². The summed E-state index contributed by atoms with van der Waals surface area (Å²) in [7, 11) is 1.73. The van der Waals surface area contributed by atoms with Gasteiger partial charge in [-0.05, 0) is 67.9 Å². The van der Waals surface area contributed by atoms with E-state index >= 15 is 0 Å². The van der Waals surface area contributed by atoms with Crippen molar-refractivity contribution in [3.05, 3.63) is 83.3 Å². The number of hydrogen-bond acceptors (Lipinski definition) is 4. The first-order valence-corrected chi connectivity index (χ1v) is 11.6. The van der Waals surface area contributed by atoms with E-state index in [2.05, 4.69) is 9.88 Å². The second-order valence-electron chi connectivity index (χ2n) is 8.93. The van der Waals surface area contributed by atoms with Crippen molar-refractivity contribution in [3.63, 3.8) is 0 Å². The molecule has 0 bridgehead atoms. The van der Waals surface area contributed by atoms with Crippen LogP contribution < -0.4 is 4.90 Å². The highest BCUT2D eigenvalue weighted by Gasteiger charge is 2.27. The molecular formula is C27H29FN4O3. The summed E-state index contributed by atoms with van der Waals surface area (Å²) in [6.07, 6.45) is -0.871. The van der Waals surface area contributed by atoms with Crippen LogP contribution in [0, 0.1) is 12.7 Å². The van der Waals surface area contributed by atoms with Gasteiger partial charge in [-0.1, -0.05) is 12.1 Å². The lowest BCUT2D eigenvalue weighted by Gasteiger charge is -2.38. The molecule has 7 nitrogen and oxygen atoms in total. The maximum absolute atomic E-state index is 13.2. The van der Waals surface area contributed by atoms with Crippen LogP contribution in [0.25, 0.3) is 11.3 Å². The van der Waals surface area contributed by atoms with E-state index in [0.29, 0.717) is 36.6 Å². The quantitative estimate of drug-likeness (QED) is 0.580. The molecule has 0 unspecified atom stereocenters. The van der Waals surface area contributed by atoms with E-state index in [1.807, 2.05) is 31.2 Å². The molecule has 0 aliphatic carbocycles. The molecule has 1 saturated heterocycles. The lowest BCUT2D eigenvalue weighted by Crippen LogP contribution is -2.53. The number of piperazine rings is 1. The molecule has 1 aliphatic rings. The first-order chi connectivity index (χ1) is 16.7. The van der Waals surface area contributed by atoms with Gasteiger partial charge in [-0.3, -0.25) is 14.7 Å². The Morgan fingerprint density at radius 3 is 2.34 bits per heavy atom. The number of hydrogen-bond donors (Lipinski definition) is 1. The zero-order valence-corrected chi connectivity index (χ0v) is 20.1. The predicted molar refractivity (Wildman–Crippen MR) is 133 cm³/mol. The minimum atomic E-state index is -0.871. The molecule has 35 heavy (non-hydrogen) atoms. The molecule has 1 atom stereocenters. The average molecular weight is 477 g/mol. The smallest absolute Gasteiger partial charge is 0.407 e. The number of benzene rings is 2. The second-order valence-corrected chi connectivity index (χ2v) is 8.93. The average Bonchev–Trinajstić information content (AvgIpc) is 2.84. The van der Waals surface area contributed by atoms with Crippen LogP contribution in [0.3, 0.4) is 0 Å². The van der Waals surface area contributed by atoms with Gasteiger partial charge >= 0.3 is 6.09 Å². The van der Waals surface area contributed by atoms with E-state index in [1.165, 1.54) is 17.0 Å². The maximum atomic E-state index is 13.2. The first kappa shape index (κ1) is 24.3. The fraction of sp³-hybridized carbons (Fsp3) is 0.296. The zero-order chi connectivity index (χ0) is 25.1. The number of aromatic nitrogens is 1. The van der Waals surface area contributed by atoms with Gasteiger partial charge in [-0.15, -0.1) is 0 Å². The normalized spacial score (nSPS) is 16.2. The van der Waals surface area contributed by atoms with Crippen LogP contribution in [0.1, 0.15) is 28.5 Å². The maximum Gasteiger partial charge on any atom is 0.407 e. The van der Waals surface area contributed by atoms with Crippen molar-refractivity contribution in [2.75, 3.05) is 31.6 Å². The van der Waals surface area contributed by atoms with Gasteiger partial charge in [0, 0.05) is 50.5 Å². The third-order valence-corrected chi connectivity index (χ3v) is 6.45. The molecule has 0 saturated carbocycles. The van der Waals surface area contributed by atoms with Crippen molar-refractivity contribution in [3.8, 4) is 11.3 Å². The van der Waals surface area contributed by atoms with Crippen LogP contribution in [0.4, 0.5) is 14.9 Å². The SMILES string of the molecule is Cc1nc(-c2ccc(F)cc2)ccc1C(=O)N(C)c1ccc(CN2CCN(C(=O)O)[C@H](C)C2)cc1. The number of carbonyl (C=O) groups is 2. The Kier molecular flexibility index (Phi) is 7.12. The number of nitrogens with zero attached hydrogens (tertiary/aromatic N) is 4. The molecule has 2 amide bonds. The highest BCUT2D eigenvalue weighted by molar-refractivity contribution is 6.06. The number of halogens is 1. The van der Waals surface area contributed by atoms with Crippen LogP contribution in [0.5, 0.6) is 0 Å². The summed E-state index contributed by atoms with van der Waals surface area (Å²) >= 11 is 0. The predicted octanol–water partition coefficient (Wildman–Crippen LogP) is 4.66. The lowest BCUT2D eigenvalue weighted by atomic mass is 10.1.